The van der Waals surface area contributed by atoms with Crippen LogP contribution in [-0.4, -0.2) is 33.4 Å². The molecular weight excluding hydrogens is 499 g/mol. The topological polar surface area (TPSA) is 92.8 Å². The zero-order valence-corrected chi connectivity index (χ0v) is 20.7. The number of nitrogens with one attached hydrogen (secondary N) is 1. The van der Waals surface area contributed by atoms with E-state index >= 15 is 0 Å². The highest BCUT2D eigenvalue weighted by atomic mass is 35.5. The van der Waals surface area contributed by atoms with Crippen molar-refractivity contribution in [1.82, 2.24) is 0 Å². The first-order valence-electron chi connectivity index (χ1n) is 10.2. The van der Waals surface area contributed by atoms with E-state index in [1.54, 1.807) is 50.2 Å². The number of carbonyl (C=O) groups excluding carboxylic acids is 2. The SMILES string of the molecule is CCOC(=O)c1ccc(C)c(NC(=O)CN(c2cccc(Cl)c2Cl)S(=O)(=O)c2ccccc2)c1. The molecule has 178 valence electrons. The van der Waals surface area contributed by atoms with Crippen LogP contribution in [0.1, 0.15) is 22.8 Å². The largest absolute Gasteiger partial charge is 0.462 e. The molecule has 0 aromatic heterocycles. The monoisotopic (exact) mass is 520 g/mol. The van der Waals surface area contributed by atoms with Gasteiger partial charge in [0.1, 0.15) is 6.54 Å². The van der Waals surface area contributed by atoms with Gasteiger partial charge in [-0.2, -0.15) is 0 Å². The van der Waals surface area contributed by atoms with Crippen LogP contribution in [0.4, 0.5) is 11.4 Å². The lowest BCUT2D eigenvalue weighted by Gasteiger charge is -2.25. The lowest BCUT2D eigenvalue weighted by molar-refractivity contribution is -0.114. The van der Waals surface area contributed by atoms with Crippen LogP contribution >= 0.6 is 23.2 Å². The second-order valence-corrected chi connectivity index (χ2v) is 9.84. The van der Waals surface area contributed by atoms with E-state index in [1.807, 2.05) is 0 Å². The molecule has 3 aromatic rings. The minimum atomic E-state index is -4.16. The summed E-state index contributed by atoms with van der Waals surface area (Å²) in [7, 11) is -4.16. The number of sulfonamides is 1. The van der Waals surface area contributed by atoms with Crippen molar-refractivity contribution in [3.63, 3.8) is 0 Å². The van der Waals surface area contributed by atoms with Gasteiger partial charge in [-0.1, -0.05) is 53.5 Å². The number of halogens is 2. The summed E-state index contributed by atoms with van der Waals surface area (Å²) in [4.78, 5) is 25.1. The number of nitrogens with zero attached hydrogens (tertiary/aromatic N) is 1. The molecule has 0 fully saturated rings. The molecule has 1 amide bonds. The molecule has 0 atom stereocenters. The Labute approximate surface area is 208 Å². The standard InChI is InChI=1S/C24H22Cl2N2O5S/c1-3-33-24(30)17-13-12-16(2)20(14-17)27-22(29)15-28(21-11-7-10-19(25)23(21)26)34(31,32)18-8-5-4-6-9-18/h4-14H,3,15H2,1-2H3,(H,27,29). The Kier molecular flexibility index (Phi) is 8.19. The van der Waals surface area contributed by atoms with Gasteiger partial charge in [0.15, 0.2) is 0 Å². The van der Waals surface area contributed by atoms with Gasteiger partial charge in [0.05, 0.1) is 32.8 Å². The second-order valence-electron chi connectivity index (χ2n) is 7.20. The lowest BCUT2D eigenvalue weighted by Crippen LogP contribution is -2.38. The van der Waals surface area contributed by atoms with Crippen LogP contribution in [-0.2, 0) is 19.6 Å². The van der Waals surface area contributed by atoms with E-state index in [0.717, 1.165) is 4.31 Å². The molecule has 0 aliphatic heterocycles. The third-order valence-corrected chi connectivity index (χ3v) is 7.42. The molecule has 0 unspecified atom stereocenters. The molecule has 0 aliphatic carbocycles. The Bertz CT molecular complexity index is 1310. The highest BCUT2D eigenvalue weighted by molar-refractivity contribution is 7.92. The highest BCUT2D eigenvalue weighted by Crippen LogP contribution is 2.35. The minimum absolute atomic E-state index is 0.00281. The van der Waals surface area contributed by atoms with Crippen LogP contribution in [0.5, 0.6) is 0 Å². The molecule has 7 nitrogen and oxygen atoms in total. The molecule has 1 N–H and O–H groups in total. The molecule has 0 heterocycles. The lowest BCUT2D eigenvalue weighted by atomic mass is 10.1. The maximum Gasteiger partial charge on any atom is 0.338 e. The fraction of sp³-hybridized carbons (Fsp3) is 0.167. The van der Waals surface area contributed by atoms with Gasteiger partial charge in [0.25, 0.3) is 10.0 Å². The average molecular weight is 521 g/mol. The predicted octanol–water partition coefficient (Wildman–Crippen LogP) is 5.31. The van der Waals surface area contributed by atoms with Crippen molar-refractivity contribution >= 4 is 56.5 Å². The number of hydrogen-bond donors (Lipinski definition) is 1. The summed E-state index contributed by atoms with van der Waals surface area (Å²) in [6, 6.07) is 16.9. The summed E-state index contributed by atoms with van der Waals surface area (Å²) >= 11 is 12.4. The Morgan fingerprint density at radius 1 is 1.00 bits per heavy atom. The molecule has 0 spiro atoms. The average Bonchev–Trinajstić information content (AvgIpc) is 2.81. The van der Waals surface area contributed by atoms with Crippen LogP contribution in [0.2, 0.25) is 10.0 Å². The van der Waals surface area contributed by atoms with E-state index in [1.165, 1.54) is 30.3 Å². The van der Waals surface area contributed by atoms with Crippen molar-refractivity contribution in [2.45, 2.75) is 18.7 Å². The molecular formula is C24H22Cl2N2O5S. The van der Waals surface area contributed by atoms with E-state index in [0.29, 0.717) is 11.3 Å². The number of hydrogen-bond acceptors (Lipinski definition) is 5. The number of ether oxygens (including phenoxy) is 1. The van der Waals surface area contributed by atoms with E-state index in [-0.39, 0.29) is 32.8 Å². The fourth-order valence-corrected chi connectivity index (χ4v) is 5.02. The highest BCUT2D eigenvalue weighted by Gasteiger charge is 2.29. The Balaban J connectivity index is 1.96. The second kappa shape index (κ2) is 10.9. The Hall–Kier alpha value is -3.07. The van der Waals surface area contributed by atoms with Crippen molar-refractivity contribution < 1.29 is 22.7 Å². The van der Waals surface area contributed by atoms with Crippen molar-refractivity contribution in [3.05, 3.63) is 87.9 Å². The number of esters is 1. The zero-order valence-electron chi connectivity index (χ0n) is 18.4. The van der Waals surface area contributed by atoms with Crippen LogP contribution < -0.4 is 9.62 Å². The molecule has 0 saturated heterocycles. The van der Waals surface area contributed by atoms with Crippen LogP contribution in [0.25, 0.3) is 0 Å². The molecule has 10 heteroatoms. The van der Waals surface area contributed by atoms with Crippen molar-refractivity contribution in [3.8, 4) is 0 Å². The fourth-order valence-electron chi connectivity index (χ4n) is 3.12. The summed E-state index contributed by atoms with van der Waals surface area (Å²) < 4.78 is 32.8. The van der Waals surface area contributed by atoms with Crippen molar-refractivity contribution in [2.24, 2.45) is 0 Å². The minimum Gasteiger partial charge on any atom is -0.462 e. The Morgan fingerprint density at radius 2 is 1.71 bits per heavy atom. The van der Waals surface area contributed by atoms with Crippen molar-refractivity contribution in [1.29, 1.82) is 0 Å². The molecule has 3 rings (SSSR count). The number of benzene rings is 3. The van der Waals surface area contributed by atoms with Gasteiger partial charge < -0.3 is 10.1 Å². The van der Waals surface area contributed by atoms with E-state index in [9.17, 15) is 18.0 Å². The normalized spacial score (nSPS) is 11.1. The molecule has 3 aromatic carbocycles. The summed E-state index contributed by atoms with van der Waals surface area (Å²) in [6.07, 6.45) is 0. The van der Waals surface area contributed by atoms with Crippen LogP contribution in [0, 0.1) is 6.92 Å². The number of anilines is 2. The van der Waals surface area contributed by atoms with Gasteiger partial charge >= 0.3 is 5.97 Å². The first kappa shape index (κ1) is 25.6. The molecule has 0 aliphatic rings. The quantitative estimate of drug-likeness (QED) is 0.406. The number of carbonyl (C=O) groups is 2. The van der Waals surface area contributed by atoms with Gasteiger partial charge in [-0.3, -0.25) is 9.10 Å². The third kappa shape index (κ3) is 5.70. The first-order chi connectivity index (χ1) is 16.1. The zero-order chi connectivity index (χ0) is 24.9. The molecule has 34 heavy (non-hydrogen) atoms. The first-order valence-corrected chi connectivity index (χ1v) is 12.4. The van der Waals surface area contributed by atoms with Gasteiger partial charge in [0, 0.05) is 5.69 Å². The molecule has 0 saturated carbocycles. The van der Waals surface area contributed by atoms with E-state index < -0.39 is 28.4 Å². The van der Waals surface area contributed by atoms with Crippen LogP contribution in [0.15, 0.2) is 71.6 Å². The van der Waals surface area contributed by atoms with Crippen LogP contribution in [0.3, 0.4) is 0 Å². The van der Waals surface area contributed by atoms with Gasteiger partial charge in [-0.05, 0) is 55.8 Å². The molecule has 0 bridgehead atoms. The number of aryl methyl sites for hydroxylation is 1. The summed E-state index contributed by atoms with van der Waals surface area (Å²) in [5.41, 5.74) is 1.35. The summed E-state index contributed by atoms with van der Waals surface area (Å²) in [6.45, 7) is 3.07. The van der Waals surface area contributed by atoms with E-state index in [2.05, 4.69) is 5.32 Å². The summed E-state index contributed by atoms with van der Waals surface area (Å²) in [5.74, 6) is -1.17. The Morgan fingerprint density at radius 3 is 2.38 bits per heavy atom. The summed E-state index contributed by atoms with van der Waals surface area (Å²) in [5, 5.41) is 2.82. The maximum absolute atomic E-state index is 13.4. The molecule has 0 radical (unpaired) electrons. The van der Waals surface area contributed by atoms with Gasteiger partial charge in [-0.25, -0.2) is 13.2 Å². The van der Waals surface area contributed by atoms with Gasteiger partial charge in [0.2, 0.25) is 5.91 Å². The maximum atomic E-state index is 13.4. The number of amides is 1. The van der Waals surface area contributed by atoms with Gasteiger partial charge in [-0.15, -0.1) is 0 Å². The third-order valence-electron chi connectivity index (χ3n) is 4.84. The smallest absolute Gasteiger partial charge is 0.338 e. The van der Waals surface area contributed by atoms with E-state index in [4.69, 9.17) is 27.9 Å². The van der Waals surface area contributed by atoms with Crippen molar-refractivity contribution in [2.75, 3.05) is 22.8 Å². The number of rotatable bonds is 8. The predicted molar refractivity (Wildman–Crippen MR) is 133 cm³/mol.